The van der Waals surface area contributed by atoms with Gasteiger partial charge in [-0.3, -0.25) is 4.98 Å². The van der Waals surface area contributed by atoms with Crippen molar-refractivity contribution in [3.05, 3.63) is 36.0 Å². The smallest absolute Gasteiger partial charge is 0.179 e. The lowest BCUT2D eigenvalue weighted by molar-refractivity contribution is 0.614. The highest BCUT2D eigenvalue weighted by atomic mass is 14.9. The van der Waals surface area contributed by atoms with Crippen molar-refractivity contribution in [1.82, 2.24) is 19.9 Å². The lowest BCUT2D eigenvalue weighted by Gasteiger charge is -2.11. The third-order valence-corrected chi connectivity index (χ3v) is 3.27. The molecule has 2 N–H and O–H groups in total. The van der Waals surface area contributed by atoms with Crippen LogP contribution in [0.5, 0.6) is 0 Å². The fourth-order valence-electron chi connectivity index (χ4n) is 2.29. The molecule has 92 valence electrons. The summed E-state index contributed by atoms with van der Waals surface area (Å²) in [6, 6.07) is 0.0680. The summed E-state index contributed by atoms with van der Waals surface area (Å²) in [5.41, 5.74) is 8.98. The van der Waals surface area contributed by atoms with Gasteiger partial charge in [0.25, 0.3) is 0 Å². The van der Waals surface area contributed by atoms with E-state index in [-0.39, 0.29) is 6.04 Å². The molecule has 2 aromatic heterocycles. The molecule has 0 fully saturated rings. The molecule has 0 saturated carbocycles. The van der Waals surface area contributed by atoms with Gasteiger partial charge in [0.15, 0.2) is 5.82 Å². The average molecular weight is 241 g/mol. The summed E-state index contributed by atoms with van der Waals surface area (Å²) in [4.78, 5) is 17.2. The van der Waals surface area contributed by atoms with Gasteiger partial charge in [0.05, 0.1) is 6.20 Å². The molecule has 1 aliphatic rings. The maximum Gasteiger partial charge on any atom is 0.179 e. The van der Waals surface area contributed by atoms with E-state index in [4.69, 9.17) is 5.73 Å². The van der Waals surface area contributed by atoms with Crippen LogP contribution in [0.2, 0.25) is 0 Å². The predicted octanol–water partition coefficient (Wildman–Crippen LogP) is 1.66. The Morgan fingerprint density at radius 1 is 1.11 bits per heavy atom. The second-order valence-corrected chi connectivity index (χ2v) is 4.54. The summed E-state index contributed by atoms with van der Waals surface area (Å²) in [6.07, 6.45) is 11.1. The largest absolute Gasteiger partial charge is 0.324 e. The molecule has 2 aromatic rings. The van der Waals surface area contributed by atoms with Crippen molar-refractivity contribution in [2.45, 2.75) is 31.7 Å². The van der Waals surface area contributed by atoms with E-state index in [2.05, 4.69) is 19.9 Å². The van der Waals surface area contributed by atoms with Crippen molar-refractivity contribution in [2.24, 2.45) is 5.73 Å². The first kappa shape index (κ1) is 11.2. The van der Waals surface area contributed by atoms with Gasteiger partial charge in [-0.25, -0.2) is 15.0 Å². The molecule has 5 heteroatoms. The minimum absolute atomic E-state index is 0.0680. The highest BCUT2D eigenvalue weighted by molar-refractivity contribution is 5.47. The Kier molecular flexibility index (Phi) is 2.98. The van der Waals surface area contributed by atoms with Crippen LogP contribution in [0.1, 0.15) is 36.6 Å². The molecular weight excluding hydrogens is 226 g/mol. The van der Waals surface area contributed by atoms with E-state index in [1.54, 1.807) is 18.6 Å². The fourth-order valence-corrected chi connectivity index (χ4v) is 2.29. The predicted molar refractivity (Wildman–Crippen MR) is 67.5 cm³/mol. The first-order valence-corrected chi connectivity index (χ1v) is 6.22. The maximum atomic E-state index is 6.13. The quantitative estimate of drug-likeness (QED) is 0.768. The van der Waals surface area contributed by atoms with Crippen LogP contribution in [0, 0.1) is 0 Å². The first-order valence-electron chi connectivity index (χ1n) is 6.22. The van der Waals surface area contributed by atoms with Gasteiger partial charge in [-0.2, -0.15) is 0 Å². The van der Waals surface area contributed by atoms with Crippen LogP contribution >= 0.6 is 0 Å². The SMILES string of the molecule is NC1CCCCc2nc(-c3cnccn3)ncc21. The second-order valence-electron chi connectivity index (χ2n) is 4.54. The molecule has 0 aliphatic heterocycles. The molecular formula is C13H15N5. The zero-order valence-electron chi connectivity index (χ0n) is 10.1. The number of nitrogens with two attached hydrogens (primary N) is 1. The molecule has 1 aliphatic carbocycles. The van der Waals surface area contributed by atoms with Crippen molar-refractivity contribution in [1.29, 1.82) is 0 Å². The van der Waals surface area contributed by atoms with Crippen LogP contribution in [0.15, 0.2) is 24.8 Å². The van der Waals surface area contributed by atoms with Gasteiger partial charge in [-0.1, -0.05) is 6.42 Å². The van der Waals surface area contributed by atoms with Gasteiger partial charge < -0.3 is 5.73 Å². The molecule has 1 unspecified atom stereocenters. The van der Waals surface area contributed by atoms with Crippen molar-refractivity contribution >= 4 is 0 Å². The zero-order valence-corrected chi connectivity index (χ0v) is 10.1. The van der Waals surface area contributed by atoms with Crippen molar-refractivity contribution in [3.8, 4) is 11.5 Å². The maximum absolute atomic E-state index is 6.13. The Labute approximate surface area is 106 Å². The van der Waals surface area contributed by atoms with E-state index < -0.39 is 0 Å². The van der Waals surface area contributed by atoms with Crippen LogP contribution in [0.4, 0.5) is 0 Å². The van der Waals surface area contributed by atoms with Crippen molar-refractivity contribution in [3.63, 3.8) is 0 Å². The number of nitrogens with zero attached hydrogens (tertiary/aromatic N) is 4. The highest BCUT2D eigenvalue weighted by Gasteiger charge is 2.18. The molecule has 0 aromatic carbocycles. The van der Waals surface area contributed by atoms with Crippen LogP contribution in [-0.2, 0) is 6.42 Å². The second kappa shape index (κ2) is 4.78. The summed E-state index contributed by atoms with van der Waals surface area (Å²) in [5.74, 6) is 0.635. The lowest BCUT2D eigenvalue weighted by Crippen LogP contribution is -2.12. The van der Waals surface area contributed by atoms with Crippen LogP contribution in [0.3, 0.4) is 0 Å². The summed E-state index contributed by atoms with van der Waals surface area (Å²) in [5, 5.41) is 0. The Bertz CT molecular complexity index is 540. The Hall–Kier alpha value is -1.88. The first-order chi connectivity index (χ1) is 8.84. The van der Waals surface area contributed by atoms with Gasteiger partial charge in [0.1, 0.15) is 5.69 Å². The number of hydrogen-bond acceptors (Lipinski definition) is 5. The minimum atomic E-state index is 0.0680. The summed E-state index contributed by atoms with van der Waals surface area (Å²) >= 11 is 0. The van der Waals surface area contributed by atoms with Gasteiger partial charge in [-0.05, 0) is 19.3 Å². The fraction of sp³-hybridized carbons (Fsp3) is 0.385. The van der Waals surface area contributed by atoms with Crippen LogP contribution < -0.4 is 5.73 Å². The van der Waals surface area contributed by atoms with E-state index in [1.165, 1.54) is 0 Å². The number of fused-ring (bicyclic) bond motifs is 1. The monoisotopic (exact) mass is 241 g/mol. The van der Waals surface area contributed by atoms with Gasteiger partial charge in [0.2, 0.25) is 0 Å². The van der Waals surface area contributed by atoms with E-state index in [0.717, 1.165) is 36.9 Å². The molecule has 3 rings (SSSR count). The molecule has 1 atom stereocenters. The van der Waals surface area contributed by atoms with Gasteiger partial charge in [0, 0.05) is 35.9 Å². The number of rotatable bonds is 1. The van der Waals surface area contributed by atoms with Gasteiger partial charge in [-0.15, -0.1) is 0 Å². The number of aromatic nitrogens is 4. The Morgan fingerprint density at radius 2 is 2.06 bits per heavy atom. The molecule has 18 heavy (non-hydrogen) atoms. The number of hydrogen-bond donors (Lipinski definition) is 1. The van der Waals surface area contributed by atoms with Crippen molar-refractivity contribution in [2.75, 3.05) is 0 Å². The molecule has 0 saturated heterocycles. The standard InChI is InChI=1S/C13H15N5/c14-10-3-1-2-4-11-9(10)7-17-13(18-11)12-8-15-5-6-16-12/h5-8,10H,1-4,14H2. The molecule has 0 bridgehead atoms. The van der Waals surface area contributed by atoms with E-state index in [9.17, 15) is 0 Å². The van der Waals surface area contributed by atoms with Crippen molar-refractivity contribution < 1.29 is 0 Å². The number of aryl methyl sites for hydroxylation is 1. The Morgan fingerprint density at radius 3 is 2.89 bits per heavy atom. The third-order valence-electron chi connectivity index (χ3n) is 3.27. The molecule has 0 amide bonds. The highest BCUT2D eigenvalue weighted by Crippen LogP contribution is 2.26. The van der Waals surface area contributed by atoms with Gasteiger partial charge >= 0.3 is 0 Å². The van der Waals surface area contributed by atoms with Crippen LogP contribution in [-0.4, -0.2) is 19.9 Å². The van der Waals surface area contributed by atoms with E-state index in [1.807, 2.05) is 6.20 Å². The molecule has 5 nitrogen and oxygen atoms in total. The third kappa shape index (κ3) is 2.09. The lowest BCUT2D eigenvalue weighted by atomic mass is 10.1. The Balaban J connectivity index is 2.03. The topological polar surface area (TPSA) is 77.6 Å². The average Bonchev–Trinajstić information content (AvgIpc) is 2.61. The van der Waals surface area contributed by atoms with E-state index in [0.29, 0.717) is 11.5 Å². The normalized spacial score (nSPS) is 19.1. The molecule has 0 spiro atoms. The minimum Gasteiger partial charge on any atom is -0.324 e. The molecule has 0 radical (unpaired) electrons. The summed E-state index contributed by atoms with van der Waals surface area (Å²) in [6.45, 7) is 0. The molecule has 2 heterocycles. The summed E-state index contributed by atoms with van der Waals surface area (Å²) < 4.78 is 0. The van der Waals surface area contributed by atoms with E-state index >= 15 is 0 Å². The zero-order chi connectivity index (χ0) is 12.4. The summed E-state index contributed by atoms with van der Waals surface area (Å²) in [7, 11) is 0. The van der Waals surface area contributed by atoms with Crippen LogP contribution in [0.25, 0.3) is 11.5 Å².